The molecule has 34 heavy (non-hydrogen) atoms. The molecule has 0 aliphatic heterocycles. The van der Waals surface area contributed by atoms with Gasteiger partial charge in [0, 0.05) is 29.3 Å². The number of alkyl carbamates (subject to hydrolysis) is 1. The molecule has 0 radical (unpaired) electrons. The van der Waals surface area contributed by atoms with Crippen LogP contribution in [-0.2, 0) is 11.3 Å². The minimum Gasteiger partial charge on any atom is -0.444 e. The lowest BCUT2D eigenvalue weighted by Gasteiger charge is -2.19. The van der Waals surface area contributed by atoms with Crippen LogP contribution in [0.2, 0.25) is 0 Å². The van der Waals surface area contributed by atoms with Gasteiger partial charge in [0.05, 0.1) is 23.0 Å². The molecule has 174 valence electrons. The number of pyridine rings is 2. The molecule has 1 atom stereocenters. The highest BCUT2D eigenvalue weighted by atomic mass is 16.6. The summed E-state index contributed by atoms with van der Waals surface area (Å²) in [7, 11) is 0. The van der Waals surface area contributed by atoms with Gasteiger partial charge in [-0.05, 0) is 51.0 Å². The zero-order valence-corrected chi connectivity index (χ0v) is 19.9. The molecule has 2 N–H and O–H groups in total. The van der Waals surface area contributed by atoms with Crippen molar-refractivity contribution in [3.8, 4) is 22.4 Å². The number of carbonyl (C=O) groups is 1. The van der Waals surface area contributed by atoms with Crippen LogP contribution in [0.25, 0.3) is 33.3 Å². The molecule has 0 spiro atoms. The van der Waals surface area contributed by atoms with E-state index in [2.05, 4.69) is 16.4 Å². The Morgan fingerprint density at radius 1 is 1.03 bits per heavy atom. The van der Waals surface area contributed by atoms with Crippen LogP contribution in [0.4, 0.5) is 4.79 Å². The summed E-state index contributed by atoms with van der Waals surface area (Å²) < 4.78 is 5.30. The van der Waals surface area contributed by atoms with Gasteiger partial charge in [0.2, 0.25) is 0 Å². The SMILES string of the molecule is CC(O)c1nccc2nc(-c3ccc(CNC(=O)OC(C)(C)C)cc3)c(-c3ccccc3)cc12. The standard InChI is InChI=1S/C28H29N3O3/c1-18(32)25-23-16-22(20-8-6-5-7-9-20)26(31-24(23)14-15-29-25)21-12-10-19(11-13-21)17-30-27(33)34-28(2,3)4/h5-16,18,32H,17H2,1-4H3,(H,30,33). The Morgan fingerprint density at radius 3 is 2.38 bits per heavy atom. The number of aromatic nitrogens is 2. The third kappa shape index (κ3) is 5.41. The predicted octanol–water partition coefficient (Wildman–Crippen LogP) is 6.04. The monoisotopic (exact) mass is 455 g/mol. The van der Waals surface area contributed by atoms with Crippen LogP contribution in [-0.4, -0.2) is 26.8 Å². The lowest BCUT2D eigenvalue weighted by Crippen LogP contribution is -2.32. The number of hydrogen-bond acceptors (Lipinski definition) is 5. The van der Waals surface area contributed by atoms with Crippen LogP contribution in [0.15, 0.2) is 72.9 Å². The quantitative estimate of drug-likeness (QED) is 0.383. The maximum Gasteiger partial charge on any atom is 0.407 e. The molecule has 0 bridgehead atoms. The van der Waals surface area contributed by atoms with Gasteiger partial charge in [0.15, 0.2) is 0 Å². The average molecular weight is 456 g/mol. The van der Waals surface area contributed by atoms with E-state index in [1.807, 2.05) is 81.4 Å². The summed E-state index contributed by atoms with van der Waals surface area (Å²) in [4.78, 5) is 21.3. The Kier molecular flexibility index (Phi) is 6.61. The number of hydrogen-bond donors (Lipinski definition) is 2. The molecule has 0 saturated heterocycles. The highest BCUT2D eigenvalue weighted by Gasteiger charge is 2.17. The average Bonchev–Trinajstić information content (AvgIpc) is 2.81. The van der Waals surface area contributed by atoms with Crippen LogP contribution >= 0.6 is 0 Å². The molecule has 6 heteroatoms. The minimum absolute atomic E-state index is 0.370. The molecule has 1 unspecified atom stereocenters. The lowest BCUT2D eigenvalue weighted by atomic mass is 9.96. The van der Waals surface area contributed by atoms with E-state index in [1.54, 1.807) is 13.1 Å². The maximum atomic E-state index is 12.0. The van der Waals surface area contributed by atoms with Gasteiger partial charge in [-0.2, -0.15) is 0 Å². The molecule has 1 amide bonds. The summed E-state index contributed by atoms with van der Waals surface area (Å²) in [6.07, 6.45) is 0.535. The fourth-order valence-corrected chi connectivity index (χ4v) is 3.78. The molecule has 0 fully saturated rings. The normalized spacial score (nSPS) is 12.4. The fraction of sp³-hybridized carbons (Fsp3) is 0.250. The number of aliphatic hydroxyl groups is 1. The van der Waals surface area contributed by atoms with E-state index in [9.17, 15) is 9.90 Å². The number of carbonyl (C=O) groups excluding carboxylic acids is 1. The Morgan fingerprint density at radius 2 is 1.74 bits per heavy atom. The summed E-state index contributed by atoms with van der Waals surface area (Å²) in [5.74, 6) is 0. The zero-order valence-electron chi connectivity index (χ0n) is 19.9. The van der Waals surface area contributed by atoms with Crippen LogP contribution in [0.3, 0.4) is 0 Å². The van der Waals surface area contributed by atoms with Gasteiger partial charge in [0.1, 0.15) is 5.60 Å². The second-order valence-electron chi connectivity index (χ2n) is 9.24. The molecule has 0 aliphatic carbocycles. The van der Waals surface area contributed by atoms with Crippen molar-refractivity contribution >= 4 is 17.0 Å². The first-order valence-corrected chi connectivity index (χ1v) is 11.3. The van der Waals surface area contributed by atoms with Crippen molar-refractivity contribution in [1.82, 2.24) is 15.3 Å². The summed E-state index contributed by atoms with van der Waals surface area (Å²) in [5.41, 5.74) is 5.59. The smallest absolute Gasteiger partial charge is 0.407 e. The van der Waals surface area contributed by atoms with E-state index in [4.69, 9.17) is 9.72 Å². The number of rotatable bonds is 5. The van der Waals surface area contributed by atoms with E-state index in [1.165, 1.54) is 0 Å². The van der Waals surface area contributed by atoms with Crippen molar-refractivity contribution in [2.75, 3.05) is 0 Å². The summed E-state index contributed by atoms with van der Waals surface area (Å²) >= 11 is 0. The molecule has 6 nitrogen and oxygen atoms in total. The van der Waals surface area contributed by atoms with E-state index in [0.717, 1.165) is 38.9 Å². The van der Waals surface area contributed by atoms with Crippen molar-refractivity contribution in [2.24, 2.45) is 0 Å². The molecule has 4 aromatic rings. The second kappa shape index (κ2) is 9.61. The molecule has 2 heterocycles. The molecule has 0 saturated carbocycles. The molecule has 2 aromatic carbocycles. The molecular formula is C28H29N3O3. The Hall–Kier alpha value is -3.77. The third-order valence-electron chi connectivity index (χ3n) is 5.32. The van der Waals surface area contributed by atoms with Crippen molar-refractivity contribution in [3.05, 3.63) is 84.2 Å². The zero-order chi connectivity index (χ0) is 24.3. The van der Waals surface area contributed by atoms with Gasteiger partial charge < -0.3 is 15.2 Å². The topological polar surface area (TPSA) is 84.3 Å². The van der Waals surface area contributed by atoms with Crippen molar-refractivity contribution < 1.29 is 14.6 Å². The Bertz CT molecular complexity index is 1290. The van der Waals surface area contributed by atoms with Gasteiger partial charge in [-0.15, -0.1) is 0 Å². The van der Waals surface area contributed by atoms with E-state index < -0.39 is 17.8 Å². The van der Waals surface area contributed by atoms with E-state index in [-0.39, 0.29) is 0 Å². The van der Waals surface area contributed by atoms with Crippen LogP contribution < -0.4 is 5.32 Å². The Balaban J connectivity index is 1.70. The van der Waals surface area contributed by atoms with Gasteiger partial charge >= 0.3 is 6.09 Å². The number of aliphatic hydroxyl groups excluding tert-OH is 1. The number of fused-ring (bicyclic) bond motifs is 1. The first-order chi connectivity index (χ1) is 16.2. The van der Waals surface area contributed by atoms with Crippen LogP contribution in [0, 0.1) is 0 Å². The van der Waals surface area contributed by atoms with E-state index >= 15 is 0 Å². The van der Waals surface area contributed by atoms with Crippen molar-refractivity contribution in [3.63, 3.8) is 0 Å². The van der Waals surface area contributed by atoms with Crippen LogP contribution in [0.5, 0.6) is 0 Å². The summed E-state index contributed by atoms with van der Waals surface area (Å²) in [5, 5.41) is 13.8. The molecule has 0 aliphatic rings. The number of benzene rings is 2. The number of nitrogens with one attached hydrogen (secondary N) is 1. The largest absolute Gasteiger partial charge is 0.444 e. The second-order valence-corrected chi connectivity index (χ2v) is 9.24. The Labute approximate surface area is 199 Å². The first kappa shape index (κ1) is 23.4. The number of ether oxygens (including phenoxy) is 1. The van der Waals surface area contributed by atoms with Gasteiger partial charge in [0.25, 0.3) is 0 Å². The first-order valence-electron chi connectivity index (χ1n) is 11.3. The van der Waals surface area contributed by atoms with Crippen molar-refractivity contribution in [1.29, 1.82) is 0 Å². The van der Waals surface area contributed by atoms with Gasteiger partial charge in [-0.3, -0.25) is 4.98 Å². The lowest BCUT2D eigenvalue weighted by molar-refractivity contribution is 0.0523. The highest BCUT2D eigenvalue weighted by Crippen LogP contribution is 2.35. The van der Waals surface area contributed by atoms with E-state index in [0.29, 0.717) is 12.2 Å². The third-order valence-corrected chi connectivity index (χ3v) is 5.32. The molecular weight excluding hydrogens is 426 g/mol. The highest BCUT2D eigenvalue weighted by molar-refractivity contribution is 5.92. The van der Waals surface area contributed by atoms with Crippen LogP contribution in [0.1, 0.15) is 45.1 Å². The van der Waals surface area contributed by atoms with Gasteiger partial charge in [-0.1, -0.05) is 54.6 Å². The maximum absolute atomic E-state index is 12.0. The number of nitrogens with zero attached hydrogens (tertiary/aromatic N) is 2. The molecule has 2 aromatic heterocycles. The minimum atomic E-state index is -0.697. The predicted molar refractivity (Wildman–Crippen MR) is 134 cm³/mol. The summed E-state index contributed by atoms with van der Waals surface area (Å²) in [6, 6.07) is 21.9. The van der Waals surface area contributed by atoms with Gasteiger partial charge in [-0.25, -0.2) is 9.78 Å². The molecule has 4 rings (SSSR count). The fourth-order valence-electron chi connectivity index (χ4n) is 3.78. The van der Waals surface area contributed by atoms with Crippen molar-refractivity contribution in [2.45, 2.75) is 45.9 Å². The number of amides is 1. The summed E-state index contributed by atoms with van der Waals surface area (Å²) in [6.45, 7) is 7.59.